The quantitative estimate of drug-likeness (QED) is 0.495. The van der Waals surface area contributed by atoms with Crippen molar-refractivity contribution in [1.82, 2.24) is 10.6 Å². The zero-order chi connectivity index (χ0) is 20.4. The maximum atomic E-state index is 11.8. The molecule has 9 nitrogen and oxygen atoms in total. The SMILES string of the molecule is O=C(COC(=O)CCNC(=O)c1ccco1)NCC(=O)Nc1ccccc1Br. The molecular formula is C18H18BrN3O6. The highest BCUT2D eigenvalue weighted by atomic mass is 79.9. The van der Waals surface area contributed by atoms with Gasteiger partial charge in [0.1, 0.15) is 0 Å². The molecule has 0 fully saturated rings. The molecule has 0 spiro atoms. The number of hydrogen-bond donors (Lipinski definition) is 3. The van der Waals surface area contributed by atoms with Gasteiger partial charge in [-0.25, -0.2) is 0 Å². The number of esters is 1. The molecule has 1 aromatic heterocycles. The molecule has 0 aliphatic rings. The fraction of sp³-hybridized carbons (Fsp3) is 0.222. The lowest BCUT2D eigenvalue weighted by molar-refractivity contribution is -0.148. The van der Waals surface area contributed by atoms with Crippen LogP contribution in [-0.2, 0) is 19.1 Å². The number of nitrogens with one attached hydrogen (secondary N) is 3. The van der Waals surface area contributed by atoms with E-state index in [0.717, 1.165) is 0 Å². The summed E-state index contributed by atoms with van der Waals surface area (Å²) in [5.74, 6) is -2.02. The number of anilines is 1. The third-order valence-electron chi connectivity index (χ3n) is 3.32. The van der Waals surface area contributed by atoms with E-state index in [1.54, 1.807) is 30.3 Å². The number of carbonyl (C=O) groups excluding carboxylic acids is 4. The van der Waals surface area contributed by atoms with Crippen molar-refractivity contribution in [3.63, 3.8) is 0 Å². The van der Waals surface area contributed by atoms with Crippen molar-refractivity contribution >= 4 is 45.3 Å². The molecule has 0 unspecified atom stereocenters. The smallest absolute Gasteiger partial charge is 0.308 e. The van der Waals surface area contributed by atoms with Crippen LogP contribution in [0, 0.1) is 0 Å². The van der Waals surface area contributed by atoms with Gasteiger partial charge in [0.2, 0.25) is 5.91 Å². The average molecular weight is 452 g/mol. The average Bonchev–Trinajstić information content (AvgIpc) is 3.21. The fourth-order valence-corrected chi connectivity index (χ4v) is 2.36. The molecule has 0 bridgehead atoms. The van der Waals surface area contributed by atoms with Gasteiger partial charge in [-0.3, -0.25) is 19.2 Å². The van der Waals surface area contributed by atoms with Crippen LogP contribution < -0.4 is 16.0 Å². The van der Waals surface area contributed by atoms with Crippen molar-refractivity contribution in [1.29, 1.82) is 0 Å². The summed E-state index contributed by atoms with van der Waals surface area (Å²) in [5.41, 5.74) is 0.574. The number of para-hydroxylation sites is 1. The van der Waals surface area contributed by atoms with Gasteiger partial charge in [-0.05, 0) is 40.2 Å². The highest BCUT2D eigenvalue weighted by Gasteiger charge is 2.12. The van der Waals surface area contributed by atoms with Crippen LogP contribution in [-0.4, -0.2) is 43.4 Å². The number of furan rings is 1. The van der Waals surface area contributed by atoms with Crippen LogP contribution in [0.1, 0.15) is 17.0 Å². The first-order valence-corrected chi connectivity index (χ1v) is 9.03. The van der Waals surface area contributed by atoms with Crippen LogP contribution in [0.5, 0.6) is 0 Å². The normalized spacial score (nSPS) is 10.0. The van der Waals surface area contributed by atoms with Crippen LogP contribution in [0.2, 0.25) is 0 Å². The molecule has 0 aliphatic heterocycles. The second-order valence-electron chi connectivity index (χ2n) is 5.45. The second kappa shape index (κ2) is 10.9. The minimum absolute atomic E-state index is 0.0361. The van der Waals surface area contributed by atoms with Crippen molar-refractivity contribution in [3.8, 4) is 0 Å². The molecule has 0 radical (unpaired) electrons. The summed E-state index contributed by atoms with van der Waals surface area (Å²) in [6.07, 6.45) is 1.25. The Kier molecular flexibility index (Phi) is 8.22. The zero-order valence-corrected chi connectivity index (χ0v) is 16.3. The number of hydrogen-bond acceptors (Lipinski definition) is 6. The Morgan fingerprint density at radius 1 is 1.00 bits per heavy atom. The van der Waals surface area contributed by atoms with Gasteiger partial charge in [-0.1, -0.05) is 12.1 Å². The van der Waals surface area contributed by atoms with Crippen molar-refractivity contribution in [3.05, 3.63) is 52.9 Å². The van der Waals surface area contributed by atoms with Crippen LogP contribution >= 0.6 is 15.9 Å². The molecule has 0 atom stereocenters. The molecular weight excluding hydrogens is 434 g/mol. The second-order valence-corrected chi connectivity index (χ2v) is 6.30. The van der Waals surface area contributed by atoms with Crippen molar-refractivity contribution in [2.24, 2.45) is 0 Å². The Morgan fingerprint density at radius 2 is 1.79 bits per heavy atom. The van der Waals surface area contributed by atoms with Crippen molar-refractivity contribution in [2.75, 3.05) is 25.0 Å². The van der Waals surface area contributed by atoms with E-state index in [0.29, 0.717) is 10.2 Å². The highest BCUT2D eigenvalue weighted by molar-refractivity contribution is 9.10. The van der Waals surface area contributed by atoms with Crippen LogP contribution in [0.15, 0.2) is 51.6 Å². The third kappa shape index (κ3) is 7.23. The van der Waals surface area contributed by atoms with E-state index in [4.69, 9.17) is 9.15 Å². The number of amides is 3. The molecule has 0 saturated heterocycles. The molecule has 3 N–H and O–H groups in total. The first-order chi connectivity index (χ1) is 13.5. The molecule has 10 heteroatoms. The number of benzene rings is 1. The molecule has 2 aromatic rings. The van der Waals surface area contributed by atoms with Gasteiger partial charge in [0.05, 0.1) is 24.9 Å². The Labute approximate surface area is 168 Å². The first-order valence-electron chi connectivity index (χ1n) is 8.24. The zero-order valence-electron chi connectivity index (χ0n) is 14.7. The van der Waals surface area contributed by atoms with Gasteiger partial charge >= 0.3 is 5.97 Å². The number of ether oxygens (including phenoxy) is 1. The molecule has 148 valence electrons. The lowest BCUT2D eigenvalue weighted by Crippen LogP contribution is -2.36. The summed E-state index contributed by atoms with van der Waals surface area (Å²) in [5, 5.41) is 7.45. The van der Waals surface area contributed by atoms with Crippen LogP contribution in [0.25, 0.3) is 0 Å². The summed E-state index contributed by atoms with van der Waals surface area (Å²) in [6.45, 7) is -0.751. The van der Waals surface area contributed by atoms with E-state index >= 15 is 0 Å². The Balaban J connectivity index is 1.58. The lowest BCUT2D eigenvalue weighted by Gasteiger charge is -2.09. The predicted octanol–water partition coefficient (Wildman–Crippen LogP) is 1.46. The van der Waals surface area contributed by atoms with E-state index in [1.807, 2.05) is 0 Å². The van der Waals surface area contributed by atoms with Crippen LogP contribution in [0.3, 0.4) is 0 Å². The maximum Gasteiger partial charge on any atom is 0.308 e. The summed E-state index contributed by atoms with van der Waals surface area (Å²) in [7, 11) is 0. The van der Waals surface area contributed by atoms with Crippen LogP contribution in [0.4, 0.5) is 5.69 Å². The van der Waals surface area contributed by atoms with Gasteiger partial charge in [-0.15, -0.1) is 0 Å². The molecule has 0 saturated carbocycles. The molecule has 1 heterocycles. The van der Waals surface area contributed by atoms with Gasteiger partial charge in [-0.2, -0.15) is 0 Å². The van der Waals surface area contributed by atoms with E-state index in [9.17, 15) is 19.2 Å². The van der Waals surface area contributed by atoms with E-state index in [1.165, 1.54) is 12.3 Å². The minimum atomic E-state index is -0.660. The van der Waals surface area contributed by atoms with E-state index in [-0.39, 0.29) is 25.3 Å². The van der Waals surface area contributed by atoms with E-state index in [2.05, 4.69) is 31.9 Å². The van der Waals surface area contributed by atoms with Crippen molar-refractivity contribution in [2.45, 2.75) is 6.42 Å². The molecule has 2 rings (SSSR count). The Bertz CT molecular complexity index is 838. The fourth-order valence-electron chi connectivity index (χ4n) is 1.98. The summed E-state index contributed by atoms with van der Waals surface area (Å²) in [4.78, 5) is 46.6. The predicted molar refractivity (Wildman–Crippen MR) is 102 cm³/mol. The van der Waals surface area contributed by atoms with Crippen molar-refractivity contribution < 1.29 is 28.3 Å². The molecule has 28 heavy (non-hydrogen) atoms. The van der Waals surface area contributed by atoms with Gasteiger partial charge in [0.25, 0.3) is 11.8 Å². The monoisotopic (exact) mass is 451 g/mol. The van der Waals surface area contributed by atoms with Gasteiger partial charge < -0.3 is 25.1 Å². The summed E-state index contributed by atoms with van der Waals surface area (Å²) < 4.78 is 10.4. The number of carbonyl (C=O) groups is 4. The summed E-state index contributed by atoms with van der Waals surface area (Å²) >= 11 is 3.30. The Hall–Kier alpha value is -3.14. The topological polar surface area (TPSA) is 127 Å². The van der Waals surface area contributed by atoms with Gasteiger partial charge in [0, 0.05) is 11.0 Å². The first kappa shape index (κ1) is 21.2. The molecule has 0 aliphatic carbocycles. The lowest BCUT2D eigenvalue weighted by atomic mass is 10.3. The maximum absolute atomic E-state index is 11.8. The number of rotatable bonds is 9. The molecule has 1 aromatic carbocycles. The Morgan fingerprint density at radius 3 is 2.50 bits per heavy atom. The largest absolute Gasteiger partial charge is 0.459 e. The van der Waals surface area contributed by atoms with Gasteiger partial charge in [0.15, 0.2) is 12.4 Å². The standard InChI is InChI=1S/C18H18BrN3O6/c19-12-4-1-2-5-13(12)22-15(23)10-21-16(24)11-28-17(25)7-8-20-18(26)14-6-3-9-27-14/h1-6,9H,7-8,10-11H2,(H,20,26)(H,21,24)(H,22,23). The minimum Gasteiger partial charge on any atom is -0.459 e. The van der Waals surface area contributed by atoms with E-state index < -0.39 is 30.3 Å². The third-order valence-corrected chi connectivity index (χ3v) is 4.01. The molecule has 3 amide bonds. The highest BCUT2D eigenvalue weighted by Crippen LogP contribution is 2.20. The number of halogens is 1. The summed E-state index contributed by atoms with van der Waals surface area (Å²) in [6, 6.07) is 10.1.